The van der Waals surface area contributed by atoms with Crippen LogP contribution >= 0.6 is 0 Å². The lowest BCUT2D eigenvalue weighted by atomic mass is 10.00. The highest BCUT2D eigenvalue weighted by molar-refractivity contribution is 5.82. The zero-order valence-corrected chi connectivity index (χ0v) is 12.7. The van der Waals surface area contributed by atoms with Gasteiger partial charge in [-0.15, -0.1) is 0 Å². The van der Waals surface area contributed by atoms with Gasteiger partial charge in [0.05, 0.1) is 0 Å². The summed E-state index contributed by atoms with van der Waals surface area (Å²) >= 11 is 0. The molecule has 0 bridgehead atoms. The molecule has 0 aromatic heterocycles. The number of hydrogen-bond donors (Lipinski definition) is 1. The van der Waals surface area contributed by atoms with Gasteiger partial charge >= 0.3 is 0 Å². The molecular weight excluding hydrogens is 282 g/mol. The molecule has 0 amide bonds. The molecule has 0 saturated heterocycles. The van der Waals surface area contributed by atoms with Crippen LogP contribution in [0.15, 0.2) is 83.6 Å². The first kappa shape index (κ1) is 16.1. The second kappa shape index (κ2) is 8.22. The van der Waals surface area contributed by atoms with Crippen LogP contribution in [-0.2, 0) is 0 Å². The average molecular weight is 299 g/mol. The highest BCUT2D eigenvalue weighted by atomic mass is 14.6. The quantitative estimate of drug-likeness (QED) is 0.670. The van der Waals surface area contributed by atoms with Crippen molar-refractivity contribution in [2.45, 2.75) is 12.8 Å². The fraction of sp³-hybridized carbons (Fsp3) is 0.100. The van der Waals surface area contributed by atoms with Gasteiger partial charge in [0.15, 0.2) is 0 Å². The Kier molecular flexibility index (Phi) is 5.74. The van der Waals surface area contributed by atoms with Crippen molar-refractivity contribution in [2.24, 2.45) is 5.73 Å². The fourth-order valence-corrected chi connectivity index (χ4v) is 2.23. The van der Waals surface area contributed by atoms with Gasteiger partial charge in [0, 0.05) is 11.3 Å². The minimum absolute atomic E-state index is 0.105. The van der Waals surface area contributed by atoms with Crippen molar-refractivity contribution in [2.75, 3.05) is 0 Å². The Labute approximate surface area is 136 Å². The summed E-state index contributed by atoms with van der Waals surface area (Å²) in [6.07, 6.45) is 13.3. The van der Waals surface area contributed by atoms with Crippen LogP contribution in [0, 0.1) is 22.7 Å². The van der Waals surface area contributed by atoms with Crippen LogP contribution in [0.5, 0.6) is 0 Å². The van der Waals surface area contributed by atoms with Crippen molar-refractivity contribution in [3.63, 3.8) is 0 Å². The number of nitriles is 2. The minimum Gasteiger partial charge on any atom is -0.402 e. The molecule has 1 aliphatic carbocycles. The minimum atomic E-state index is 0.105. The summed E-state index contributed by atoms with van der Waals surface area (Å²) < 4.78 is 0. The first-order chi connectivity index (χ1) is 11.2. The molecule has 0 spiro atoms. The highest BCUT2D eigenvalue weighted by Crippen LogP contribution is 2.20. The van der Waals surface area contributed by atoms with E-state index < -0.39 is 0 Å². The maximum atomic E-state index is 9.13. The third kappa shape index (κ3) is 4.59. The molecule has 0 saturated carbocycles. The van der Waals surface area contributed by atoms with E-state index in [0.29, 0.717) is 5.57 Å². The third-order valence-electron chi connectivity index (χ3n) is 3.48. The topological polar surface area (TPSA) is 73.6 Å². The molecule has 2 N–H and O–H groups in total. The van der Waals surface area contributed by atoms with Crippen LogP contribution < -0.4 is 5.73 Å². The molecule has 1 aliphatic rings. The van der Waals surface area contributed by atoms with Gasteiger partial charge < -0.3 is 5.73 Å². The summed E-state index contributed by atoms with van der Waals surface area (Å²) in [5.41, 5.74) is 9.42. The first-order valence-electron chi connectivity index (χ1n) is 7.34. The van der Waals surface area contributed by atoms with E-state index in [2.05, 4.69) is 0 Å². The van der Waals surface area contributed by atoms with Crippen molar-refractivity contribution < 1.29 is 0 Å². The zero-order valence-electron chi connectivity index (χ0n) is 12.7. The molecule has 1 aromatic carbocycles. The number of hydrogen-bond acceptors (Lipinski definition) is 3. The molecule has 0 fully saturated rings. The van der Waals surface area contributed by atoms with Crippen LogP contribution in [0.25, 0.3) is 5.57 Å². The van der Waals surface area contributed by atoms with Gasteiger partial charge in [0.2, 0.25) is 0 Å². The van der Waals surface area contributed by atoms with Gasteiger partial charge in [0.25, 0.3) is 0 Å². The standard InChI is InChI=1S/C20H17N3/c21-14-18(15-22)20(17-7-2-1-3-8-17)9-5-4-6-16-10-12-19(23)13-11-16/h1-10,12H,11,13,23H2/b6-4+,9-5?. The lowest BCUT2D eigenvalue weighted by Crippen LogP contribution is -2.00. The van der Waals surface area contributed by atoms with Gasteiger partial charge in [-0.3, -0.25) is 0 Å². The molecule has 0 unspecified atom stereocenters. The van der Waals surface area contributed by atoms with Crippen molar-refractivity contribution in [1.29, 1.82) is 10.5 Å². The first-order valence-corrected chi connectivity index (χ1v) is 7.34. The van der Waals surface area contributed by atoms with E-state index in [4.69, 9.17) is 16.3 Å². The van der Waals surface area contributed by atoms with E-state index in [1.54, 1.807) is 6.08 Å². The van der Waals surface area contributed by atoms with Crippen molar-refractivity contribution >= 4 is 5.57 Å². The maximum absolute atomic E-state index is 9.13. The third-order valence-corrected chi connectivity index (χ3v) is 3.48. The van der Waals surface area contributed by atoms with Gasteiger partial charge in [-0.05, 0) is 30.1 Å². The Morgan fingerprint density at radius 1 is 1.00 bits per heavy atom. The largest absolute Gasteiger partial charge is 0.402 e. The van der Waals surface area contributed by atoms with Crippen molar-refractivity contribution in [3.8, 4) is 12.1 Å². The monoisotopic (exact) mass is 299 g/mol. The SMILES string of the molecule is N#CC(C#N)=C(C=C/C=C/C1=CC=C(N)CC1)c1ccccc1. The van der Waals surface area contributed by atoms with E-state index in [1.807, 2.05) is 72.9 Å². The summed E-state index contributed by atoms with van der Waals surface area (Å²) in [5, 5.41) is 18.3. The second-order valence-corrected chi connectivity index (χ2v) is 5.08. The fourth-order valence-electron chi connectivity index (χ4n) is 2.23. The van der Waals surface area contributed by atoms with E-state index in [-0.39, 0.29) is 5.57 Å². The van der Waals surface area contributed by atoms with Gasteiger partial charge in [-0.25, -0.2) is 0 Å². The predicted molar refractivity (Wildman–Crippen MR) is 92.5 cm³/mol. The number of rotatable bonds is 4. The Morgan fingerprint density at radius 2 is 1.74 bits per heavy atom. The molecule has 3 heteroatoms. The summed E-state index contributed by atoms with van der Waals surface area (Å²) in [6.45, 7) is 0. The smallest absolute Gasteiger partial charge is 0.137 e. The summed E-state index contributed by atoms with van der Waals surface area (Å²) in [7, 11) is 0. The zero-order chi connectivity index (χ0) is 16.5. The Bertz CT molecular complexity index is 776. The molecular formula is C20H17N3. The second-order valence-electron chi connectivity index (χ2n) is 5.08. The van der Waals surface area contributed by atoms with E-state index in [0.717, 1.165) is 24.1 Å². The van der Waals surface area contributed by atoms with Crippen LogP contribution in [0.1, 0.15) is 18.4 Å². The lowest BCUT2D eigenvalue weighted by Gasteiger charge is -2.07. The summed E-state index contributed by atoms with van der Waals surface area (Å²) in [5.74, 6) is 0. The number of nitrogens with zero attached hydrogens (tertiary/aromatic N) is 2. The van der Waals surface area contributed by atoms with E-state index >= 15 is 0 Å². The molecule has 1 aromatic rings. The Balaban J connectivity index is 2.22. The molecule has 0 heterocycles. The average Bonchev–Trinajstić information content (AvgIpc) is 2.60. The molecule has 2 rings (SSSR count). The predicted octanol–water partition coefficient (Wildman–Crippen LogP) is 4.16. The normalized spacial score (nSPS) is 14.0. The summed E-state index contributed by atoms with van der Waals surface area (Å²) in [6, 6.07) is 13.3. The Hall–Kier alpha value is -3.30. The van der Waals surface area contributed by atoms with Gasteiger partial charge in [0.1, 0.15) is 17.7 Å². The molecule has 112 valence electrons. The van der Waals surface area contributed by atoms with E-state index in [1.165, 1.54) is 5.57 Å². The molecule has 3 nitrogen and oxygen atoms in total. The van der Waals surface area contributed by atoms with Crippen LogP contribution in [0.2, 0.25) is 0 Å². The van der Waals surface area contributed by atoms with Gasteiger partial charge in [-0.1, -0.05) is 60.7 Å². The van der Waals surface area contributed by atoms with Gasteiger partial charge in [-0.2, -0.15) is 10.5 Å². The van der Waals surface area contributed by atoms with E-state index in [9.17, 15) is 0 Å². The number of allylic oxidation sites excluding steroid dienone is 10. The summed E-state index contributed by atoms with van der Waals surface area (Å²) in [4.78, 5) is 0. The van der Waals surface area contributed by atoms with Crippen molar-refractivity contribution in [1.82, 2.24) is 0 Å². The number of benzene rings is 1. The van der Waals surface area contributed by atoms with Crippen molar-refractivity contribution in [3.05, 3.63) is 89.2 Å². The van der Waals surface area contributed by atoms with Crippen LogP contribution in [-0.4, -0.2) is 0 Å². The molecule has 23 heavy (non-hydrogen) atoms. The number of nitrogens with two attached hydrogens (primary N) is 1. The molecule has 0 radical (unpaired) electrons. The van der Waals surface area contributed by atoms with Crippen LogP contribution in [0.3, 0.4) is 0 Å². The van der Waals surface area contributed by atoms with Crippen LogP contribution in [0.4, 0.5) is 0 Å². The maximum Gasteiger partial charge on any atom is 0.137 e. The Morgan fingerprint density at radius 3 is 2.35 bits per heavy atom. The molecule has 0 aliphatic heterocycles. The lowest BCUT2D eigenvalue weighted by molar-refractivity contribution is 0.913. The molecule has 0 atom stereocenters. The highest BCUT2D eigenvalue weighted by Gasteiger charge is 2.05.